The van der Waals surface area contributed by atoms with Gasteiger partial charge in [0.05, 0.1) is 36.6 Å². The Morgan fingerprint density at radius 2 is 1.36 bits per heavy atom. The van der Waals surface area contributed by atoms with Crippen molar-refractivity contribution in [3.8, 4) is 11.5 Å². The lowest BCUT2D eigenvalue weighted by Gasteiger charge is -2.09. The van der Waals surface area contributed by atoms with Crippen molar-refractivity contribution < 1.29 is 22.6 Å². The molecule has 0 spiro atoms. The number of rotatable bonds is 20. The van der Waals surface area contributed by atoms with Gasteiger partial charge in [-0.2, -0.15) is 0 Å². The maximum absolute atomic E-state index is 13.6. The van der Waals surface area contributed by atoms with Crippen molar-refractivity contribution in [3.63, 3.8) is 0 Å². The molecule has 0 aliphatic carbocycles. The van der Waals surface area contributed by atoms with E-state index >= 15 is 0 Å². The fourth-order valence-electron chi connectivity index (χ4n) is 5.47. The molecule has 3 aromatic carbocycles. The first kappa shape index (κ1) is 33.3. The van der Waals surface area contributed by atoms with Crippen LogP contribution in [0.4, 0.5) is 0 Å². The average Bonchev–Trinajstić information content (AvgIpc) is 3.44. The molecule has 0 N–H and O–H groups in total. The Balaban J connectivity index is 1.16. The van der Waals surface area contributed by atoms with Crippen molar-refractivity contribution in [2.75, 3.05) is 20.8 Å². The molecule has 0 unspecified atom stereocenters. The van der Waals surface area contributed by atoms with Crippen molar-refractivity contribution in [1.29, 1.82) is 0 Å². The van der Waals surface area contributed by atoms with Crippen LogP contribution in [0, 0.1) is 0 Å². The number of fused-ring (bicyclic) bond motifs is 1. The van der Waals surface area contributed by atoms with Crippen molar-refractivity contribution in [2.45, 2.75) is 82.1 Å². The molecule has 0 amide bonds. The molecule has 44 heavy (non-hydrogen) atoms. The Kier molecular flexibility index (Phi) is 13.4. The zero-order valence-corrected chi connectivity index (χ0v) is 27.1. The molecular weight excluding hydrogens is 570 g/mol. The second-order valence-electron chi connectivity index (χ2n) is 11.2. The second kappa shape index (κ2) is 17.7. The van der Waals surface area contributed by atoms with E-state index in [9.17, 15) is 8.42 Å². The number of nitrogens with zero attached hydrogens (tertiary/aromatic N) is 1. The van der Waals surface area contributed by atoms with Crippen LogP contribution in [0.2, 0.25) is 0 Å². The van der Waals surface area contributed by atoms with Gasteiger partial charge in [-0.15, -0.1) is 0 Å². The lowest BCUT2D eigenvalue weighted by molar-refractivity contribution is 0.116. The fourth-order valence-corrected chi connectivity index (χ4v) is 6.84. The maximum atomic E-state index is 13.6. The third kappa shape index (κ3) is 9.47. The largest absolute Gasteiger partial charge is 0.497 e. The first-order valence-corrected chi connectivity index (χ1v) is 17.3. The second-order valence-corrected chi connectivity index (χ2v) is 13.0. The number of hydrogen-bond donors (Lipinski definition) is 0. The van der Waals surface area contributed by atoms with Gasteiger partial charge in [-0.3, -0.25) is 0 Å². The van der Waals surface area contributed by atoms with Crippen molar-refractivity contribution in [1.82, 2.24) is 3.97 Å². The van der Waals surface area contributed by atoms with Crippen LogP contribution < -0.4 is 9.47 Å². The summed E-state index contributed by atoms with van der Waals surface area (Å²) < 4.78 is 45.1. The molecule has 0 fully saturated rings. The van der Waals surface area contributed by atoms with Gasteiger partial charge in [-0.05, 0) is 61.2 Å². The quantitative estimate of drug-likeness (QED) is 0.0925. The van der Waals surface area contributed by atoms with Gasteiger partial charge < -0.3 is 14.2 Å². The Labute approximate surface area is 263 Å². The van der Waals surface area contributed by atoms with E-state index < -0.39 is 10.0 Å². The third-order valence-electron chi connectivity index (χ3n) is 7.94. The minimum absolute atomic E-state index is 0.206. The van der Waals surface area contributed by atoms with E-state index in [1.54, 1.807) is 44.7 Å². The van der Waals surface area contributed by atoms with Crippen LogP contribution in [0.25, 0.3) is 17.0 Å². The minimum Gasteiger partial charge on any atom is -0.497 e. The van der Waals surface area contributed by atoms with E-state index in [1.165, 1.54) is 60.9 Å². The van der Waals surface area contributed by atoms with E-state index in [1.807, 2.05) is 30.3 Å². The number of ether oxygens (including phenoxy) is 3. The number of benzene rings is 3. The van der Waals surface area contributed by atoms with Gasteiger partial charge in [0.15, 0.2) is 0 Å². The molecule has 236 valence electrons. The van der Waals surface area contributed by atoms with Gasteiger partial charge in [-0.1, -0.05) is 99.9 Å². The van der Waals surface area contributed by atoms with E-state index in [0.717, 1.165) is 36.8 Å². The zero-order chi connectivity index (χ0) is 31.0. The summed E-state index contributed by atoms with van der Waals surface area (Å²) in [6.45, 7) is 1.56. The van der Waals surface area contributed by atoms with Crippen LogP contribution in [0.1, 0.15) is 81.8 Å². The first-order valence-electron chi connectivity index (χ1n) is 15.9. The predicted molar refractivity (Wildman–Crippen MR) is 180 cm³/mol. The Morgan fingerprint density at radius 1 is 0.705 bits per heavy atom. The van der Waals surface area contributed by atoms with Crippen molar-refractivity contribution >= 4 is 27.0 Å². The predicted octanol–water partition coefficient (Wildman–Crippen LogP) is 9.42. The van der Waals surface area contributed by atoms with E-state index in [4.69, 9.17) is 14.2 Å². The molecule has 4 rings (SSSR count). The molecule has 6 nitrogen and oxygen atoms in total. The highest BCUT2D eigenvalue weighted by molar-refractivity contribution is 7.90. The molecule has 7 heteroatoms. The van der Waals surface area contributed by atoms with Gasteiger partial charge in [0.25, 0.3) is 10.0 Å². The molecule has 0 saturated heterocycles. The number of unbranched alkanes of at least 4 members (excludes halogenated alkanes) is 10. The lowest BCUT2D eigenvalue weighted by atomic mass is 10.1. The molecule has 0 aliphatic rings. The molecule has 0 radical (unpaired) electrons. The van der Waals surface area contributed by atoms with Gasteiger partial charge in [0.2, 0.25) is 0 Å². The SMILES string of the molecule is COc1ccc(S(=O)(=O)n2cc(C=CCCCCCCCCCCCCOCc3ccccc3)c3c(OC)cccc32)cc1. The number of hydrogen-bond acceptors (Lipinski definition) is 5. The number of aromatic nitrogens is 1. The highest BCUT2D eigenvalue weighted by Crippen LogP contribution is 2.34. The molecule has 4 aromatic rings. The average molecular weight is 618 g/mol. The van der Waals surface area contributed by atoms with Gasteiger partial charge in [0.1, 0.15) is 11.5 Å². The summed E-state index contributed by atoms with van der Waals surface area (Å²) in [5.41, 5.74) is 2.67. The first-order chi connectivity index (χ1) is 21.5. The Bertz CT molecular complexity index is 1540. The Hall–Kier alpha value is -3.55. The van der Waals surface area contributed by atoms with E-state index in [-0.39, 0.29) is 4.90 Å². The Morgan fingerprint density at radius 3 is 2.02 bits per heavy atom. The monoisotopic (exact) mass is 617 g/mol. The summed E-state index contributed by atoms with van der Waals surface area (Å²) in [5, 5.41) is 0.794. The zero-order valence-electron chi connectivity index (χ0n) is 26.2. The fraction of sp³-hybridized carbons (Fsp3) is 0.405. The topological polar surface area (TPSA) is 66.8 Å². The summed E-state index contributed by atoms with van der Waals surface area (Å²) in [5.74, 6) is 1.26. The summed E-state index contributed by atoms with van der Waals surface area (Å²) in [4.78, 5) is 0.206. The van der Waals surface area contributed by atoms with Crippen LogP contribution in [-0.2, 0) is 21.4 Å². The third-order valence-corrected chi connectivity index (χ3v) is 9.63. The van der Waals surface area contributed by atoms with Gasteiger partial charge >= 0.3 is 0 Å². The van der Waals surface area contributed by atoms with Crippen molar-refractivity contribution in [3.05, 3.63) is 96.2 Å². The van der Waals surface area contributed by atoms with Crippen LogP contribution in [-0.4, -0.2) is 33.2 Å². The number of allylic oxidation sites excluding steroid dienone is 1. The maximum Gasteiger partial charge on any atom is 0.268 e. The summed E-state index contributed by atoms with van der Waals surface area (Å²) in [6.07, 6.45) is 19.3. The molecule has 0 bridgehead atoms. The number of methoxy groups -OCH3 is 2. The molecule has 0 aliphatic heterocycles. The standard InChI is InChI=1S/C37H47NO5S/c1-41-33-24-26-34(27-25-33)44(39,40)38-29-32(37-35(38)22-18-23-36(37)42-2)21-16-11-9-7-5-3-4-6-8-10-12-17-28-43-30-31-19-14-13-15-20-31/h13-16,18-27,29H,3-12,17,28,30H2,1-2H3. The smallest absolute Gasteiger partial charge is 0.268 e. The van der Waals surface area contributed by atoms with Crippen LogP contribution in [0.5, 0.6) is 11.5 Å². The van der Waals surface area contributed by atoms with Crippen LogP contribution in [0.3, 0.4) is 0 Å². The normalized spacial score (nSPS) is 11.9. The summed E-state index contributed by atoms with van der Waals surface area (Å²) in [6, 6.07) is 22.3. The highest BCUT2D eigenvalue weighted by atomic mass is 32.2. The van der Waals surface area contributed by atoms with Crippen LogP contribution in [0.15, 0.2) is 90.0 Å². The molecule has 1 heterocycles. The van der Waals surface area contributed by atoms with Gasteiger partial charge in [0, 0.05) is 18.4 Å². The summed E-state index contributed by atoms with van der Waals surface area (Å²) >= 11 is 0. The van der Waals surface area contributed by atoms with E-state index in [2.05, 4.69) is 30.3 Å². The van der Waals surface area contributed by atoms with Crippen molar-refractivity contribution in [2.24, 2.45) is 0 Å². The van der Waals surface area contributed by atoms with E-state index in [0.29, 0.717) is 23.6 Å². The lowest BCUT2D eigenvalue weighted by Crippen LogP contribution is -2.11. The van der Waals surface area contributed by atoms with Gasteiger partial charge in [-0.25, -0.2) is 12.4 Å². The summed E-state index contributed by atoms with van der Waals surface area (Å²) in [7, 11) is -0.627. The highest BCUT2D eigenvalue weighted by Gasteiger charge is 2.22. The van der Waals surface area contributed by atoms with Crippen LogP contribution >= 0.6 is 0 Å². The molecule has 0 atom stereocenters. The molecular formula is C37H47NO5S. The molecule has 0 saturated carbocycles. The molecule has 1 aromatic heterocycles. The minimum atomic E-state index is -3.80.